The van der Waals surface area contributed by atoms with Gasteiger partial charge >= 0.3 is 0 Å². The summed E-state index contributed by atoms with van der Waals surface area (Å²) in [7, 11) is 0. The molecule has 1 unspecified atom stereocenters. The summed E-state index contributed by atoms with van der Waals surface area (Å²) < 4.78 is 5.66. The molecule has 0 aromatic heterocycles. The van der Waals surface area contributed by atoms with E-state index >= 15 is 0 Å². The maximum absolute atomic E-state index is 6.00. The zero-order chi connectivity index (χ0) is 12.5. The molecule has 3 nitrogen and oxygen atoms in total. The average molecular weight is 234 g/mol. The number of rotatable bonds is 7. The highest BCUT2D eigenvalue weighted by Crippen LogP contribution is 2.17. The Kier molecular flexibility index (Phi) is 6.33. The van der Waals surface area contributed by atoms with Gasteiger partial charge in [-0.15, -0.1) is 0 Å². The zero-order valence-electron chi connectivity index (χ0n) is 10.7. The topological polar surface area (TPSA) is 47.6 Å². The Bertz CT molecular complexity index is 335. The summed E-state index contributed by atoms with van der Waals surface area (Å²) >= 11 is 0. The van der Waals surface area contributed by atoms with Crippen molar-refractivity contribution in [2.45, 2.75) is 32.8 Å². The highest BCUT2D eigenvalue weighted by atomic mass is 16.5. The van der Waals surface area contributed by atoms with Gasteiger partial charge in [-0.2, -0.15) is 0 Å². The molecule has 0 amide bonds. The smallest absolute Gasteiger partial charge is 0.139 e. The summed E-state index contributed by atoms with van der Waals surface area (Å²) in [6.07, 6.45) is 1.98. The first-order chi connectivity index (χ1) is 8.29. The predicted molar refractivity (Wildman–Crippen MR) is 72.2 cm³/mol. The third kappa shape index (κ3) is 4.57. The van der Waals surface area contributed by atoms with Crippen LogP contribution >= 0.6 is 0 Å². The van der Waals surface area contributed by atoms with Crippen molar-refractivity contribution in [1.82, 2.24) is 0 Å². The molecule has 0 aliphatic heterocycles. The molecule has 1 atom stereocenters. The number of benzene rings is 1. The number of aliphatic imine (C=N–C) groups is 1. The van der Waals surface area contributed by atoms with Gasteiger partial charge < -0.3 is 10.5 Å². The fourth-order valence-electron chi connectivity index (χ4n) is 1.60. The van der Waals surface area contributed by atoms with Crippen molar-refractivity contribution in [3.05, 3.63) is 35.9 Å². The maximum Gasteiger partial charge on any atom is 0.139 e. The van der Waals surface area contributed by atoms with Gasteiger partial charge in [-0.3, -0.25) is 4.99 Å². The minimum absolute atomic E-state index is 0.210. The Labute approximate surface area is 104 Å². The fourth-order valence-corrected chi connectivity index (χ4v) is 1.60. The van der Waals surface area contributed by atoms with E-state index in [0.717, 1.165) is 24.9 Å². The Hall–Kier alpha value is -1.35. The van der Waals surface area contributed by atoms with Crippen LogP contribution in [0.15, 0.2) is 35.3 Å². The molecule has 0 saturated heterocycles. The highest BCUT2D eigenvalue weighted by molar-refractivity contribution is 5.86. The third-order valence-electron chi connectivity index (χ3n) is 2.51. The van der Waals surface area contributed by atoms with Crippen LogP contribution in [0.1, 0.15) is 38.4 Å². The first-order valence-corrected chi connectivity index (χ1v) is 6.26. The normalized spacial score (nSPS) is 13.6. The van der Waals surface area contributed by atoms with Crippen LogP contribution in [-0.2, 0) is 4.74 Å². The van der Waals surface area contributed by atoms with Crippen LogP contribution < -0.4 is 5.73 Å². The fraction of sp³-hybridized carbons (Fsp3) is 0.500. The van der Waals surface area contributed by atoms with E-state index in [2.05, 4.69) is 11.9 Å². The standard InChI is InChI=1S/C14H22N2O/c1-3-5-11-16-14(15)13(17-4-2)12-9-7-6-8-10-12/h6-10,13H,3-5,11H2,1-2H3,(H2,15,16). The Morgan fingerprint density at radius 3 is 2.59 bits per heavy atom. The van der Waals surface area contributed by atoms with E-state index in [1.54, 1.807) is 0 Å². The molecule has 0 heterocycles. The van der Waals surface area contributed by atoms with E-state index in [1.165, 1.54) is 0 Å². The van der Waals surface area contributed by atoms with Crippen molar-refractivity contribution in [2.75, 3.05) is 13.2 Å². The summed E-state index contributed by atoms with van der Waals surface area (Å²) in [4.78, 5) is 4.38. The van der Waals surface area contributed by atoms with Crippen LogP contribution in [0.25, 0.3) is 0 Å². The molecule has 0 aliphatic carbocycles. The van der Waals surface area contributed by atoms with Gasteiger partial charge in [-0.1, -0.05) is 43.7 Å². The number of nitrogens with two attached hydrogens (primary N) is 1. The van der Waals surface area contributed by atoms with Crippen molar-refractivity contribution in [3.63, 3.8) is 0 Å². The van der Waals surface area contributed by atoms with E-state index in [0.29, 0.717) is 12.4 Å². The maximum atomic E-state index is 6.00. The molecule has 0 spiro atoms. The minimum atomic E-state index is -0.210. The Morgan fingerprint density at radius 1 is 1.29 bits per heavy atom. The lowest BCUT2D eigenvalue weighted by Crippen LogP contribution is -2.25. The number of unbranched alkanes of at least 4 members (excludes halogenated alkanes) is 1. The van der Waals surface area contributed by atoms with E-state index in [9.17, 15) is 0 Å². The second-order valence-electron chi connectivity index (χ2n) is 3.91. The second kappa shape index (κ2) is 7.85. The van der Waals surface area contributed by atoms with Gasteiger partial charge in [0.1, 0.15) is 11.9 Å². The number of nitrogens with zero attached hydrogens (tertiary/aromatic N) is 1. The van der Waals surface area contributed by atoms with Crippen molar-refractivity contribution in [3.8, 4) is 0 Å². The van der Waals surface area contributed by atoms with Gasteiger partial charge in [0.2, 0.25) is 0 Å². The predicted octanol–water partition coefficient (Wildman–Crippen LogP) is 2.92. The second-order valence-corrected chi connectivity index (χ2v) is 3.91. The lowest BCUT2D eigenvalue weighted by atomic mass is 10.1. The minimum Gasteiger partial charge on any atom is -0.385 e. The summed E-state index contributed by atoms with van der Waals surface area (Å²) in [6.45, 7) is 5.51. The third-order valence-corrected chi connectivity index (χ3v) is 2.51. The van der Waals surface area contributed by atoms with Gasteiger partial charge in [0.15, 0.2) is 0 Å². The van der Waals surface area contributed by atoms with Gasteiger partial charge in [0.25, 0.3) is 0 Å². The van der Waals surface area contributed by atoms with Crippen LogP contribution in [0, 0.1) is 0 Å². The van der Waals surface area contributed by atoms with Crippen LogP contribution in [-0.4, -0.2) is 19.0 Å². The van der Waals surface area contributed by atoms with E-state index in [1.807, 2.05) is 37.3 Å². The van der Waals surface area contributed by atoms with Crippen LogP contribution in [0.3, 0.4) is 0 Å². The molecule has 1 rings (SSSR count). The lowest BCUT2D eigenvalue weighted by Gasteiger charge is -2.17. The summed E-state index contributed by atoms with van der Waals surface area (Å²) in [5.74, 6) is 0.575. The number of hydrogen-bond donors (Lipinski definition) is 1. The van der Waals surface area contributed by atoms with Crippen molar-refractivity contribution in [2.24, 2.45) is 10.7 Å². The number of hydrogen-bond acceptors (Lipinski definition) is 2. The van der Waals surface area contributed by atoms with Gasteiger partial charge in [0, 0.05) is 13.2 Å². The molecule has 3 heteroatoms. The Balaban J connectivity index is 2.75. The van der Waals surface area contributed by atoms with Gasteiger partial charge in [0.05, 0.1) is 0 Å². The molecule has 1 aromatic carbocycles. The molecule has 17 heavy (non-hydrogen) atoms. The molecule has 0 saturated carbocycles. The molecular weight excluding hydrogens is 212 g/mol. The van der Waals surface area contributed by atoms with Gasteiger partial charge in [-0.05, 0) is 18.9 Å². The first kappa shape index (κ1) is 13.7. The molecular formula is C14H22N2O. The zero-order valence-corrected chi connectivity index (χ0v) is 10.7. The molecule has 0 radical (unpaired) electrons. The van der Waals surface area contributed by atoms with Crippen molar-refractivity contribution in [1.29, 1.82) is 0 Å². The summed E-state index contributed by atoms with van der Waals surface area (Å²) in [6, 6.07) is 9.99. The van der Waals surface area contributed by atoms with E-state index in [-0.39, 0.29) is 6.10 Å². The number of ether oxygens (including phenoxy) is 1. The monoisotopic (exact) mass is 234 g/mol. The molecule has 0 aliphatic rings. The van der Waals surface area contributed by atoms with Crippen molar-refractivity contribution >= 4 is 5.84 Å². The highest BCUT2D eigenvalue weighted by Gasteiger charge is 2.15. The van der Waals surface area contributed by atoms with Crippen LogP contribution in [0.4, 0.5) is 0 Å². The first-order valence-electron chi connectivity index (χ1n) is 6.26. The average Bonchev–Trinajstić information content (AvgIpc) is 2.37. The summed E-state index contributed by atoms with van der Waals surface area (Å²) in [5.41, 5.74) is 7.06. The van der Waals surface area contributed by atoms with Crippen LogP contribution in [0.2, 0.25) is 0 Å². The largest absolute Gasteiger partial charge is 0.385 e. The molecule has 94 valence electrons. The number of amidine groups is 1. The van der Waals surface area contributed by atoms with E-state index in [4.69, 9.17) is 10.5 Å². The van der Waals surface area contributed by atoms with Gasteiger partial charge in [-0.25, -0.2) is 0 Å². The SMILES string of the molecule is CCCCN=C(N)C(OCC)c1ccccc1. The molecule has 0 fully saturated rings. The molecule has 0 bridgehead atoms. The molecule has 1 aromatic rings. The quantitative estimate of drug-likeness (QED) is 0.448. The molecule has 2 N–H and O–H groups in total. The van der Waals surface area contributed by atoms with Crippen molar-refractivity contribution < 1.29 is 4.74 Å². The summed E-state index contributed by atoms with van der Waals surface area (Å²) in [5, 5.41) is 0. The van der Waals surface area contributed by atoms with Crippen LogP contribution in [0.5, 0.6) is 0 Å². The lowest BCUT2D eigenvalue weighted by molar-refractivity contribution is 0.109. The van der Waals surface area contributed by atoms with E-state index < -0.39 is 0 Å². The Morgan fingerprint density at radius 2 is 2.00 bits per heavy atom.